The van der Waals surface area contributed by atoms with Gasteiger partial charge in [0.05, 0.1) is 16.6 Å². The van der Waals surface area contributed by atoms with Gasteiger partial charge in [0.15, 0.2) is 0 Å². The second-order valence-corrected chi connectivity index (χ2v) is 4.91. The van der Waals surface area contributed by atoms with Gasteiger partial charge in [0.25, 0.3) is 5.69 Å². The van der Waals surface area contributed by atoms with Crippen LogP contribution in [0.4, 0.5) is 11.4 Å². The van der Waals surface area contributed by atoms with Gasteiger partial charge in [0, 0.05) is 12.1 Å². The van der Waals surface area contributed by atoms with E-state index in [1.165, 1.54) is 18.2 Å². The van der Waals surface area contributed by atoms with Crippen molar-refractivity contribution in [2.24, 2.45) is 0 Å². The van der Waals surface area contributed by atoms with Crippen LogP contribution in [0.5, 0.6) is 0 Å². The maximum absolute atomic E-state index is 11.2. The Balaban J connectivity index is 2.28. The largest absolute Gasteiger partial charge is 0.478 e. The summed E-state index contributed by atoms with van der Waals surface area (Å²) in [5.41, 5.74) is -0.298. The lowest BCUT2D eigenvalue weighted by molar-refractivity contribution is -0.384. The predicted molar refractivity (Wildman–Crippen MR) is 71.9 cm³/mol. The van der Waals surface area contributed by atoms with Gasteiger partial charge in [-0.05, 0) is 31.7 Å². The number of nitro benzene ring substituents is 1. The van der Waals surface area contributed by atoms with E-state index in [0.717, 1.165) is 0 Å². The van der Waals surface area contributed by atoms with Crippen molar-refractivity contribution < 1.29 is 19.9 Å². The van der Waals surface area contributed by atoms with E-state index in [9.17, 15) is 20.0 Å². The molecule has 1 aliphatic rings. The first-order chi connectivity index (χ1) is 9.49. The van der Waals surface area contributed by atoms with Crippen molar-refractivity contribution in [1.82, 2.24) is 0 Å². The third-order valence-electron chi connectivity index (χ3n) is 3.51. The third kappa shape index (κ3) is 3.05. The average molecular weight is 280 g/mol. The molecule has 0 amide bonds. The van der Waals surface area contributed by atoms with Crippen LogP contribution in [-0.4, -0.2) is 33.3 Å². The molecule has 0 aromatic heterocycles. The lowest BCUT2D eigenvalue weighted by atomic mass is 9.92. The van der Waals surface area contributed by atoms with E-state index >= 15 is 0 Å². The molecule has 0 bridgehead atoms. The molecule has 1 aliphatic carbocycles. The number of aliphatic hydroxyl groups is 1. The molecule has 20 heavy (non-hydrogen) atoms. The van der Waals surface area contributed by atoms with Crippen LogP contribution in [0.1, 0.15) is 36.0 Å². The molecule has 1 fully saturated rings. The molecule has 1 saturated carbocycles. The van der Waals surface area contributed by atoms with Crippen LogP contribution in [0.2, 0.25) is 0 Å². The van der Waals surface area contributed by atoms with Crippen molar-refractivity contribution in [3.05, 3.63) is 33.9 Å². The molecule has 0 atom stereocenters. The number of aliphatic hydroxyl groups excluding tert-OH is 1. The fourth-order valence-electron chi connectivity index (χ4n) is 2.45. The normalized spacial score (nSPS) is 22.2. The number of carboxylic acid groups (broad SMARTS) is 1. The molecule has 1 aromatic rings. The zero-order chi connectivity index (χ0) is 14.7. The number of benzene rings is 1. The highest BCUT2D eigenvalue weighted by Crippen LogP contribution is 2.31. The second-order valence-electron chi connectivity index (χ2n) is 4.91. The fraction of sp³-hybridized carbons (Fsp3) is 0.462. The summed E-state index contributed by atoms with van der Waals surface area (Å²) < 4.78 is 0. The van der Waals surface area contributed by atoms with Crippen LogP contribution in [-0.2, 0) is 0 Å². The topological polar surface area (TPSA) is 113 Å². The lowest BCUT2D eigenvalue weighted by Gasteiger charge is -2.27. The molecule has 0 unspecified atom stereocenters. The number of hydrogen-bond donors (Lipinski definition) is 3. The minimum Gasteiger partial charge on any atom is -0.478 e. The van der Waals surface area contributed by atoms with Gasteiger partial charge in [-0.3, -0.25) is 10.1 Å². The van der Waals surface area contributed by atoms with Crippen LogP contribution in [0.25, 0.3) is 0 Å². The van der Waals surface area contributed by atoms with Crippen LogP contribution < -0.4 is 5.32 Å². The molecule has 0 aliphatic heterocycles. The molecule has 0 heterocycles. The van der Waals surface area contributed by atoms with Gasteiger partial charge in [0.2, 0.25) is 0 Å². The van der Waals surface area contributed by atoms with E-state index < -0.39 is 10.9 Å². The van der Waals surface area contributed by atoms with Gasteiger partial charge in [-0.1, -0.05) is 6.07 Å². The Labute approximate surface area is 115 Å². The smallest absolute Gasteiger partial charge is 0.338 e. The number of hydrogen-bond acceptors (Lipinski definition) is 5. The van der Waals surface area contributed by atoms with E-state index in [-0.39, 0.29) is 29.1 Å². The van der Waals surface area contributed by atoms with Crippen molar-refractivity contribution in [1.29, 1.82) is 0 Å². The molecule has 1 aromatic carbocycles. The van der Waals surface area contributed by atoms with E-state index in [0.29, 0.717) is 25.7 Å². The summed E-state index contributed by atoms with van der Waals surface area (Å²) in [7, 11) is 0. The Hall–Kier alpha value is -2.15. The van der Waals surface area contributed by atoms with Crippen molar-refractivity contribution >= 4 is 17.3 Å². The van der Waals surface area contributed by atoms with E-state index in [4.69, 9.17) is 5.11 Å². The number of nitrogens with zero attached hydrogens (tertiary/aromatic N) is 1. The van der Waals surface area contributed by atoms with Crippen molar-refractivity contribution in [3.8, 4) is 0 Å². The van der Waals surface area contributed by atoms with E-state index in [1.807, 2.05) is 0 Å². The minimum absolute atomic E-state index is 0.0476. The molecular weight excluding hydrogens is 264 g/mol. The standard InChI is InChI=1S/C13H16N2O5/c16-9-6-4-8(5-7-9)14-12-10(13(17)18)2-1-3-11(12)15(19)20/h1-3,8-9,14,16H,4-7H2,(H,17,18). The third-order valence-corrected chi connectivity index (χ3v) is 3.51. The minimum atomic E-state index is -1.20. The van der Waals surface area contributed by atoms with E-state index in [1.54, 1.807) is 0 Å². The number of carboxylic acids is 1. The number of aromatic carboxylic acids is 1. The van der Waals surface area contributed by atoms with Gasteiger partial charge < -0.3 is 15.5 Å². The highest BCUT2D eigenvalue weighted by atomic mass is 16.6. The summed E-state index contributed by atoms with van der Waals surface area (Å²) in [4.78, 5) is 21.6. The molecule has 0 spiro atoms. The Morgan fingerprint density at radius 3 is 2.50 bits per heavy atom. The SMILES string of the molecule is O=C(O)c1cccc([N+](=O)[O-])c1NC1CCC(O)CC1. The number of anilines is 1. The summed E-state index contributed by atoms with van der Waals surface area (Å²) in [6.45, 7) is 0. The molecular formula is C13H16N2O5. The molecule has 0 saturated heterocycles. The first-order valence-corrected chi connectivity index (χ1v) is 6.44. The second kappa shape index (κ2) is 5.87. The summed E-state index contributed by atoms with van der Waals surface area (Å²) in [6.07, 6.45) is 2.21. The highest BCUT2D eigenvalue weighted by Gasteiger charge is 2.26. The first kappa shape index (κ1) is 14.3. The van der Waals surface area contributed by atoms with Crippen LogP contribution in [0.3, 0.4) is 0 Å². The number of nitrogens with one attached hydrogen (secondary N) is 1. The van der Waals surface area contributed by atoms with E-state index in [2.05, 4.69) is 5.32 Å². The summed E-state index contributed by atoms with van der Waals surface area (Å²) in [6, 6.07) is 3.93. The zero-order valence-electron chi connectivity index (χ0n) is 10.8. The summed E-state index contributed by atoms with van der Waals surface area (Å²) in [5, 5.41) is 32.6. The predicted octanol–water partition coefficient (Wildman–Crippen LogP) is 2.01. The molecule has 108 valence electrons. The Morgan fingerprint density at radius 2 is 1.95 bits per heavy atom. The van der Waals surface area contributed by atoms with Gasteiger partial charge in [-0.2, -0.15) is 0 Å². The van der Waals surface area contributed by atoms with Crippen LogP contribution >= 0.6 is 0 Å². The highest BCUT2D eigenvalue weighted by molar-refractivity contribution is 5.96. The number of para-hydroxylation sites is 1. The number of rotatable bonds is 4. The molecule has 7 nitrogen and oxygen atoms in total. The molecule has 7 heteroatoms. The Kier molecular flexibility index (Phi) is 4.19. The Bertz CT molecular complexity index is 491. The maximum atomic E-state index is 11.2. The van der Waals surface area contributed by atoms with Gasteiger partial charge >= 0.3 is 5.97 Å². The van der Waals surface area contributed by atoms with Crippen LogP contribution in [0, 0.1) is 10.1 Å². The van der Waals surface area contributed by atoms with Crippen molar-refractivity contribution in [3.63, 3.8) is 0 Å². The maximum Gasteiger partial charge on any atom is 0.338 e. The van der Waals surface area contributed by atoms with Crippen molar-refractivity contribution in [2.45, 2.75) is 37.8 Å². The first-order valence-electron chi connectivity index (χ1n) is 6.44. The number of carbonyl (C=O) groups is 1. The van der Waals surface area contributed by atoms with Crippen molar-refractivity contribution in [2.75, 3.05) is 5.32 Å². The zero-order valence-corrected chi connectivity index (χ0v) is 10.8. The lowest BCUT2D eigenvalue weighted by Crippen LogP contribution is -2.29. The summed E-state index contributed by atoms with van der Waals surface area (Å²) in [5.74, 6) is -1.20. The summed E-state index contributed by atoms with van der Waals surface area (Å²) >= 11 is 0. The molecule has 0 radical (unpaired) electrons. The molecule has 3 N–H and O–H groups in total. The number of nitro groups is 1. The quantitative estimate of drug-likeness (QED) is 0.574. The Morgan fingerprint density at radius 1 is 1.30 bits per heavy atom. The molecule has 2 rings (SSSR count). The van der Waals surface area contributed by atoms with Gasteiger partial charge in [-0.15, -0.1) is 0 Å². The van der Waals surface area contributed by atoms with Crippen LogP contribution in [0.15, 0.2) is 18.2 Å². The average Bonchev–Trinajstić information content (AvgIpc) is 2.41. The van der Waals surface area contributed by atoms with Gasteiger partial charge in [0.1, 0.15) is 5.69 Å². The van der Waals surface area contributed by atoms with Gasteiger partial charge in [-0.25, -0.2) is 4.79 Å². The monoisotopic (exact) mass is 280 g/mol. The fourth-order valence-corrected chi connectivity index (χ4v) is 2.45.